The van der Waals surface area contributed by atoms with E-state index < -0.39 is 5.97 Å². The first-order valence-corrected chi connectivity index (χ1v) is 6.87. The van der Waals surface area contributed by atoms with Gasteiger partial charge in [-0.05, 0) is 31.7 Å². The summed E-state index contributed by atoms with van der Waals surface area (Å²) >= 11 is 0. The van der Waals surface area contributed by atoms with Crippen LogP contribution in [0.15, 0.2) is 12.4 Å². The van der Waals surface area contributed by atoms with Crippen LogP contribution in [0.1, 0.15) is 45.6 Å². The summed E-state index contributed by atoms with van der Waals surface area (Å²) in [4.78, 5) is 10.6. The monoisotopic (exact) mass is 267 g/mol. The number of carbonyl (C=O) groups is 1. The molecule has 0 aliphatic rings. The fourth-order valence-electron chi connectivity index (χ4n) is 1.90. The molecule has 0 radical (unpaired) electrons. The first kappa shape index (κ1) is 15.7. The number of aryl methyl sites for hydroxylation is 1. The summed E-state index contributed by atoms with van der Waals surface area (Å²) in [6.45, 7) is 8.90. The number of rotatable bonds is 9. The van der Waals surface area contributed by atoms with Crippen LogP contribution in [0.25, 0.3) is 0 Å². The number of hydrogen-bond donors (Lipinski definition) is 2. The fourth-order valence-corrected chi connectivity index (χ4v) is 1.90. The van der Waals surface area contributed by atoms with E-state index in [1.165, 1.54) is 5.56 Å². The van der Waals surface area contributed by atoms with Crippen LogP contribution < -0.4 is 5.32 Å². The van der Waals surface area contributed by atoms with Crippen molar-refractivity contribution in [3.05, 3.63) is 18.0 Å². The Balaban J connectivity index is 2.20. The highest BCUT2D eigenvalue weighted by atomic mass is 16.4. The summed E-state index contributed by atoms with van der Waals surface area (Å²) in [5.74, 6) is -0.715. The Labute approximate surface area is 115 Å². The molecule has 1 aromatic rings. The molecular formula is C14H25N3O2. The lowest BCUT2D eigenvalue weighted by Gasteiger charge is -2.23. The van der Waals surface area contributed by atoms with Crippen molar-refractivity contribution in [2.45, 2.75) is 53.1 Å². The summed E-state index contributed by atoms with van der Waals surface area (Å²) in [6.07, 6.45) is 5.87. The summed E-state index contributed by atoms with van der Waals surface area (Å²) in [5, 5.41) is 16.3. The number of nitrogens with one attached hydrogen (secondary N) is 1. The minimum atomic E-state index is -0.715. The topological polar surface area (TPSA) is 67.2 Å². The van der Waals surface area contributed by atoms with E-state index in [0.29, 0.717) is 0 Å². The van der Waals surface area contributed by atoms with Crippen molar-refractivity contribution < 1.29 is 9.90 Å². The number of hydrogen-bond acceptors (Lipinski definition) is 3. The Bertz CT molecular complexity index is 399. The van der Waals surface area contributed by atoms with Crippen molar-refractivity contribution in [2.24, 2.45) is 5.41 Å². The molecule has 5 nitrogen and oxygen atoms in total. The van der Waals surface area contributed by atoms with Crippen molar-refractivity contribution in [2.75, 3.05) is 6.54 Å². The lowest BCUT2D eigenvalue weighted by atomic mass is 9.84. The maximum absolute atomic E-state index is 10.6. The second-order valence-corrected chi connectivity index (χ2v) is 5.69. The molecule has 0 aliphatic heterocycles. The van der Waals surface area contributed by atoms with E-state index in [-0.39, 0.29) is 11.8 Å². The predicted octanol–water partition coefficient (Wildman–Crippen LogP) is 2.27. The predicted molar refractivity (Wildman–Crippen MR) is 74.9 cm³/mol. The van der Waals surface area contributed by atoms with Crippen molar-refractivity contribution in [3.63, 3.8) is 0 Å². The van der Waals surface area contributed by atoms with E-state index in [1.54, 1.807) is 0 Å². The standard InChI is InChI=1S/C14H25N3O2/c1-4-17-11-12(10-16-17)9-15-8-7-14(2,3)6-5-13(18)19/h10-11,15H,4-9H2,1-3H3,(H,18,19). The van der Waals surface area contributed by atoms with Crippen LogP contribution in [0.4, 0.5) is 0 Å². The number of aromatic nitrogens is 2. The normalized spacial score (nSPS) is 11.7. The van der Waals surface area contributed by atoms with Crippen LogP contribution in [-0.2, 0) is 17.9 Å². The molecule has 0 saturated carbocycles. The Morgan fingerprint density at radius 1 is 1.47 bits per heavy atom. The third-order valence-electron chi connectivity index (χ3n) is 3.33. The van der Waals surface area contributed by atoms with Gasteiger partial charge in [0.15, 0.2) is 0 Å². The molecule has 1 aromatic heterocycles. The van der Waals surface area contributed by atoms with Gasteiger partial charge in [0.25, 0.3) is 0 Å². The second-order valence-electron chi connectivity index (χ2n) is 5.69. The minimum Gasteiger partial charge on any atom is -0.481 e. The average molecular weight is 267 g/mol. The third-order valence-corrected chi connectivity index (χ3v) is 3.33. The van der Waals surface area contributed by atoms with Gasteiger partial charge in [0.1, 0.15) is 0 Å². The lowest BCUT2D eigenvalue weighted by Crippen LogP contribution is -2.22. The van der Waals surface area contributed by atoms with Gasteiger partial charge >= 0.3 is 5.97 Å². The molecule has 0 aliphatic carbocycles. The van der Waals surface area contributed by atoms with E-state index in [1.807, 2.05) is 17.1 Å². The van der Waals surface area contributed by atoms with Crippen molar-refractivity contribution in [3.8, 4) is 0 Å². The lowest BCUT2D eigenvalue weighted by molar-refractivity contribution is -0.137. The zero-order chi connectivity index (χ0) is 14.3. The Hall–Kier alpha value is -1.36. The summed E-state index contributed by atoms with van der Waals surface area (Å²) in [5.41, 5.74) is 1.25. The molecule has 0 spiro atoms. The van der Waals surface area contributed by atoms with E-state index in [9.17, 15) is 4.79 Å². The van der Waals surface area contributed by atoms with Crippen LogP contribution in [0.5, 0.6) is 0 Å². The van der Waals surface area contributed by atoms with Crippen LogP contribution in [0.2, 0.25) is 0 Å². The molecule has 0 aromatic carbocycles. The van der Waals surface area contributed by atoms with Crippen molar-refractivity contribution >= 4 is 5.97 Å². The van der Waals surface area contributed by atoms with Crippen LogP contribution in [-0.4, -0.2) is 27.4 Å². The maximum Gasteiger partial charge on any atom is 0.303 e. The number of nitrogens with zero attached hydrogens (tertiary/aromatic N) is 2. The molecule has 2 N–H and O–H groups in total. The molecule has 108 valence electrons. The molecule has 1 rings (SSSR count). The quantitative estimate of drug-likeness (QED) is 0.674. The van der Waals surface area contributed by atoms with Crippen LogP contribution in [0.3, 0.4) is 0 Å². The molecule has 0 saturated heterocycles. The Morgan fingerprint density at radius 2 is 2.21 bits per heavy atom. The zero-order valence-electron chi connectivity index (χ0n) is 12.1. The Kier molecular flexibility index (Phi) is 6.02. The van der Waals surface area contributed by atoms with Crippen molar-refractivity contribution in [1.82, 2.24) is 15.1 Å². The van der Waals surface area contributed by atoms with Gasteiger partial charge in [0.2, 0.25) is 0 Å². The number of carboxylic acid groups (broad SMARTS) is 1. The van der Waals surface area contributed by atoms with Gasteiger partial charge in [-0.1, -0.05) is 13.8 Å². The molecule has 0 bridgehead atoms. The fraction of sp³-hybridized carbons (Fsp3) is 0.714. The van der Waals surface area contributed by atoms with Gasteiger partial charge < -0.3 is 10.4 Å². The van der Waals surface area contributed by atoms with Gasteiger partial charge in [-0.2, -0.15) is 5.10 Å². The molecule has 19 heavy (non-hydrogen) atoms. The Morgan fingerprint density at radius 3 is 2.79 bits per heavy atom. The van der Waals surface area contributed by atoms with Gasteiger partial charge in [-0.3, -0.25) is 9.48 Å². The van der Waals surface area contributed by atoms with Gasteiger partial charge in [0, 0.05) is 31.3 Å². The van der Waals surface area contributed by atoms with Gasteiger partial charge in [0.05, 0.1) is 6.20 Å². The molecule has 0 fully saturated rings. The molecular weight excluding hydrogens is 242 g/mol. The molecule has 5 heteroatoms. The van der Waals surface area contributed by atoms with Crippen molar-refractivity contribution in [1.29, 1.82) is 0 Å². The summed E-state index contributed by atoms with van der Waals surface area (Å²) in [7, 11) is 0. The highest BCUT2D eigenvalue weighted by Crippen LogP contribution is 2.25. The number of carboxylic acids is 1. The highest BCUT2D eigenvalue weighted by Gasteiger charge is 2.18. The minimum absolute atomic E-state index is 0.0684. The van der Waals surface area contributed by atoms with E-state index in [4.69, 9.17) is 5.11 Å². The van der Waals surface area contributed by atoms with E-state index >= 15 is 0 Å². The van der Waals surface area contributed by atoms with Gasteiger partial charge in [-0.15, -0.1) is 0 Å². The molecule has 1 heterocycles. The van der Waals surface area contributed by atoms with Crippen LogP contribution >= 0.6 is 0 Å². The summed E-state index contributed by atoms with van der Waals surface area (Å²) < 4.78 is 1.91. The van der Waals surface area contributed by atoms with Gasteiger partial charge in [-0.25, -0.2) is 0 Å². The first-order chi connectivity index (χ1) is 8.93. The zero-order valence-corrected chi connectivity index (χ0v) is 12.1. The SMILES string of the molecule is CCn1cc(CNCCC(C)(C)CCC(=O)O)cn1. The third kappa shape index (κ3) is 6.38. The largest absolute Gasteiger partial charge is 0.481 e. The highest BCUT2D eigenvalue weighted by molar-refractivity contribution is 5.66. The number of aliphatic carboxylic acids is 1. The first-order valence-electron chi connectivity index (χ1n) is 6.87. The smallest absolute Gasteiger partial charge is 0.303 e. The maximum atomic E-state index is 10.6. The molecule has 0 unspecified atom stereocenters. The van der Waals surface area contributed by atoms with Crippen LogP contribution in [0, 0.1) is 5.41 Å². The second kappa shape index (κ2) is 7.28. The average Bonchev–Trinajstić information content (AvgIpc) is 2.80. The molecule has 0 amide bonds. The van der Waals surface area contributed by atoms with E-state index in [0.717, 1.165) is 32.5 Å². The summed E-state index contributed by atoms with van der Waals surface area (Å²) in [6, 6.07) is 0. The van der Waals surface area contributed by atoms with E-state index in [2.05, 4.69) is 31.2 Å². The molecule has 0 atom stereocenters.